The molecule has 0 saturated carbocycles. The number of nitrogens with one attached hydrogen (secondary N) is 1. The molecule has 0 saturated heterocycles. The molecule has 1 amide bonds. The van der Waals surface area contributed by atoms with E-state index in [0.717, 1.165) is 89.9 Å². The zero-order valence-corrected chi connectivity index (χ0v) is 47.8. The van der Waals surface area contributed by atoms with Gasteiger partial charge in [0.1, 0.15) is 13.2 Å². The Labute approximate surface area is 439 Å². The van der Waals surface area contributed by atoms with Gasteiger partial charge in [-0.1, -0.05) is 259 Å². The average molecular weight is 1010 g/mol. The second kappa shape index (κ2) is 52.5. The molecule has 8 nitrogen and oxygen atoms in total. The molecule has 0 rings (SSSR count). The summed E-state index contributed by atoms with van der Waals surface area (Å²) in [5, 5.41) is 14.1. The number of carbonyl (C=O) groups excluding carboxylic acids is 1. The fraction of sp³-hybridized carbons (Fsp3) is 0.758. The Balaban J connectivity index is 4.22. The van der Waals surface area contributed by atoms with Crippen LogP contribution in [-0.4, -0.2) is 73.4 Å². The second-order valence-electron chi connectivity index (χ2n) is 21.0. The van der Waals surface area contributed by atoms with Crippen molar-refractivity contribution >= 4 is 13.7 Å². The number of amides is 1. The summed E-state index contributed by atoms with van der Waals surface area (Å²) in [6.45, 7) is 4.78. The predicted octanol–water partition coefficient (Wildman–Crippen LogP) is 18.0. The third-order valence-corrected chi connectivity index (χ3v) is 13.9. The van der Waals surface area contributed by atoms with Crippen LogP contribution in [0.2, 0.25) is 0 Å². The highest BCUT2D eigenvalue weighted by Gasteiger charge is 2.28. The second-order valence-corrected chi connectivity index (χ2v) is 22.4. The van der Waals surface area contributed by atoms with Crippen LogP contribution in [0.3, 0.4) is 0 Å². The lowest BCUT2D eigenvalue weighted by atomic mass is 10.0. The number of likely N-dealkylation sites (N-methyl/N-ethyl adjacent to an activating group) is 1. The van der Waals surface area contributed by atoms with E-state index in [1.165, 1.54) is 135 Å². The maximum absolute atomic E-state index is 13.0. The first kappa shape index (κ1) is 68.7. The minimum atomic E-state index is -4.33. The molecule has 0 heterocycles. The number of phosphoric ester groups is 1. The van der Waals surface area contributed by atoms with E-state index >= 15 is 0 Å². The van der Waals surface area contributed by atoms with Gasteiger partial charge in [-0.15, -0.1) is 0 Å². The number of quaternary nitrogens is 1. The maximum Gasteiger partial charge on any atom is 0.472 e. The van der Waals surface area contributed by atoms with Crippen molar-refractivity contribution in [2.75, 3.05) is 40.9 Å². The highest BCUT2D eigenvalue weighted by atomic mass is 31.2. The molecule has 0 fully saturated rings. The summed E-state index contributed by atoms with van der Waals surface area (Å²) in [7, 11) is 1.60. The van der Waals surface area contributed by atoms with E-state index in [1.54, 1.807) is 0 Å². The lowest BCUT2D eigenvalue weighted by molar-refractivity contribution is -0.870. The zero-order chi connectivity index (χ0) is 52.0. The number of aliphatic hydroxyl groups excluding tert-OH is 1. The topological polar surface area (TPSA) is 105 Å². The third-order valence-electron chi connectivity index (χ3n) is 12.9. The Kier molecular flexibility index (Phi) is 50.8. The standard InChI is InChI=1S/C62H113N2O6P/c1-6-8-10-12-14-16-18-20-22-24-26-28-29-30-31-32-33-34-35-36-38-40-42-44-46-48-50-52-54-56-62(66)63-60(59-70-71(67,68)69-58-57-64(3,4)5)61(65)55-53-51-49-47-45-43-41-39-37-27-25-23-21-19-17-15-13-11-9-7-2/h8,10,14,16,20,22,26,28,30-31,33-34,36,38,60-61,65H,6-7,9,11-13,15,17-19,21,23-25,27,29,32,35,37,39-59H2,1-5H3,(H-,63,66,67,68)/p+1/b10-8-,16-14-,22-20-,28-26-,31-30-,34-33-,38-36-. The first-order chi connectivity index (χ1) is 34.5. The summed E-state index contributed by atoms with van der Waals surface area (Å²) in [5.74, 6) is -0.157. The van der Waals surface area contributed by atoms with E-state index in [2.05, 4.69) is 104 Å². The van der Waals surface area contributed by atoms with Gasteiger partial charge in [0, 0.05) is 6.42 Å². The first-order valence-electron chi connectivity index (χ1n) is 29.5. The van der Waals surface area contributed by atoms with Gasteiger partial charge in [0.2, 0.25) is 5.91 Å². The van der Waals surface area contributed by atoms with Crippen LogP contribution in [0.1, 0.15) is 251 Å². The zero-order valence-electron chi connectivity index (χ0n) is 46.9. The SMILES string of the molecule is CC/C=C\C/C=C\C/C=C\C/C=C\C/C=C\C/C=C\C/C=C\CCCCCCCCCC(=O)NC(COP(=O)(O)OCC[N+](C)(C)C)C(O)CCCCCCCCCCCCCCCCCCCCCC. The van der Waals surface area contributed by atoms with Gasteiger partial charge in [-0.3, -0.25) is 13.8 Å². The van der Waals surface area contributed by atoms with Gasteiger partial charge in [0.25, 0.3) is 0 Å². The molecule has 0 aliphatic carbocycles. The Bertz CT molecular complexity index is 1430. The Morgan fingerprint density at radius 3 is 1.24 bits per heavy atom. The Hall–Kier alpha value is -2.32. The van der Waals surface area contributed by atoms with Crippen LogP contribution in [-0.2, 0) is 18.4 Å². The molecule has 0 aromatic rings. The van der Waals surface area contributed by atoms with Crippen LogP contribution in [0.4, 0.5) is 0 Å². The number of hydrogen-bond donors (Lipinski definition) is 3. The van der Waals surface area contributed by atoms with E-state index in [0.29, 0.717) is 23.9 Å². The van der Waals surface area contributed by atoms with Gasteiger partial charge < -0.3 is 19.8 Å². The molecule has 412 valence electrons. The number of allylic oxidation sites excluding steroid dienone is 14. The molecule has 0 aromatic heterocycles. The molecule has 0 aliphatic rings. The molecule has 0 bridgehead atoms. The number of rotatable bonds is 53. The summed E-state index contributed by atoms with van der Waals surface area (Å²) in [4.78, 5) is 23.4. The fourth-order valence-corrected chi connectivity index (χ4v) is 9.06. The van der Waals surface area contributed by atoms with E-state index < -0.39 is 20.0 Å². The average Bonchev–Trinajstić information content (AvgIpc) is 3.33. The molecule has 0 spiro atoms. The van der Waals surface area contributed by atoms with Gasteiger partial charge in [-0.25, -0.2) is 4.57 Å². The Morgan fingerprint density at radius 1 is 0.493 bits per heavy atom. The minimum absolute atomic E-state index is 0.0685. The van der Waals surface area contributed by atoms with Crippen LogP contribution in [0, 0.1) is 0 Å². The maximum atomic E-state index is 13.0. The smallest absolute Gasteiger partial charge is 0.391 e. The minimum Gasteiger partial charge on any atom is -0.391 e. The monoisotopic (exact) mass is 1010 g/mol. The summed E-state index contributed by atoms with van der Waals surface area (Å²) in [5.41, 5.74) is 0. The van der Waals surface area contributed by atoms with Crippen LogP contribution >= 0.6 is 7.82 Å². The van der Waals surface area contributed by atoms with E-state index in [4.69, 9.17) is 9.05 Å². The molecule has 3 atom stereocenters. The van der Waals surface area contributed by atoms with Gasteiger partial charge in [0.05, 0.1) is 39.9 Å². The number of aliphatic hydroxyl groups is 1. The third kappa shape index (κ3) is 55.3. The number of phosphoric acid groups is 1. The van der Waals surface area contributed by atoms with Crippen LogP contribution < -0.4 is 5.32 Å². The van der Waals surface area contributed by atoms with Crippen molar-refractivity contribution in [3.63, 3.8) is 0 Å². The Morgan fingerprint density at radius 2 is 0.845 bits per heavy atom. The van der Waals surface area contributed by atoms with Gasteiger partial charge in [-0.2, -0.15) is 0 Å². The fourth-order valence-electron chi connectivity index (χ4n) is 8.32. The molecule has 0 aromatic carbocycles. The lowest BCUT2D eigenvalue weighted by Crippen LogP contribution is -2.46. The van der Waals surface area contributed by atoms with Crippen molar-refractivity contribution in [1.82, 2.24) is 5.32 Å². The highest BCUT2D eigenvalue weighted by Crippen LogP contribution is 2.43. The van der Waals surface area contributed by atoms with E-state index in [9.17, 15) is 19.4 Å². The normalized spacial score (nSPS) is 14.5. The molecular weight excluding hydrogens is 900 g/mol. The number of carbonyl (C=O) groups is 1. The highest BCUT2D eigenvalue weighted by molar-refractivity contribution is 7.47. The van der Waals surface area contributed by atoms with Crippen LogP contribution in [0.25, 0.3) is 0 Å². The molecule has 3 N–H and O–H groups in total. The predicted molar refractivity (Wildman–Crippen MR) is 309 cm³/mol. The summed E-state index contributed by atoms with van der Waals surface area (Å²) in [6.07, 6.45) is 73.5. The van der Waals surface area contributed by atoms with E-state index in [1.807, 2.05) is 21.1 Å². The summed E-state index contributed by atoms with van der Waals surface area (Å²) >= 11 is 0. The molecule has 71 heavy (non-hydrogen) atoms. The van der Waals surface area contributed by atoms with Crippen molar-refractivity contribution < 1.29 is 32.9 Å². The van der Waals surface area contributed by atoms with E-state index in [-0.39, 0.29) is 19.1 Å². The first-order valence-corrected chi connectivity index (χ1v) is 30.9. The van der Waals surface area contributed by atoms with Crippen molar-refractivity contribution in [3.8, 4) is 0 Å². The summed E-state index contributed by atoms with van der Waals surface area (Å²) < 4.78 is 23.8. The van der Waals surface area contributed by atoms with Crippen LogP contribution in [0.15, 0.2) is 85.1 Å². The number of unbranched alkanes of at least 4 members (excludes halogenated alkanes) is 26. The van der Waals surface area contributed by atoms with Crippen molar-refractivity contribution in [2.24, 2.45) is 0 Å². The largest absolute Gasteiger partial charge is 0.472 e. The van der Waals surface area contributed by atoms with Crippen molar-refractivity contribution in [1.29, 1.82) is 0 Å². The van der Waals surface area contributed by atoms with Crippen LogP contribution in [0.5, 0.6) is 0 Å². The summed E-state index contributed by atoms with van der Waals surface area (Å²) in [6, 6.07) is -0.773. The van der Waals surface area contributed by atoms with Crippen molar-refractivity contribution in [2.45, 2.75) is 264 Å². The number of nitrogens with zero attached hydrogens (tertiary/aromatic N) is 1. The molecular formula is C62H114N2O6P+. The van der Waals surface area contributed by atoms with Crippen molar-refractivity contribution in [3.05, 3.63) is 85.1 Å². The molecule has 3 unspecified atom stereocenters. The number of hydrogen-bond acceptors (Lipinski definition) is 5. The molecule has 0 radical (unpaired) electrons. The quantitative estimate of drug-likeness (QED) is 0.0243. The lowest BCUT2D eigenvalue weighted by Gasteiger charge is -2.26. The van der Waals surface area contributed by atoms with Gasteiger partial charge in [-0.05, 0) is 70.6 Å². The van der Waals surface area contributed by atoms with Gasteiger partial charge in [0.15, 0.2) is 0 Å². The van der Waals surface area contributed by atoms with Gasteiger partial charge >= 0.3 is 7.82 Å². The molecule has 0 aliphatic heterocycles. The molecule has 9 heteroatoms.